The highest BCUT2D eigenvalue weighted by atomic mass is 16.2. The minimum atomic E-state index is 0.0942. The predicted molar refractivity (Wildman–Crippen MR) is 132 cm³/mol. The third kappa shape index (κ3) is 4.76. The second-order valence-corrected chi connectivity index (χ2v) is 8.68. The van der Waals surface area contributed by atoms with Gasteiger partial charge >= 0.3 is 0 Å². The molecular weight excluding hydrogens is 426 g/mol. The first-order chi connectivity index (χ1) is 16.7. The molecule has 1 saturated heterocycles. The van der Waals surface area contributed by atoms with Crippen LogP contribution in [0.15, 0.2) is 54.9 Å². The molecule has 3 aromatic heterocycles. The highest BCUT2D eigenvalue weighted by molar-refractivity contribution is 5.95. The van der Waals surface area contributed by atoms with Crippen molar-refractivity contribution in [2.45, 2.75) is 45.4 Å². The van der Waals surface area contributed by atoms with Gasteiger partial charge in [-0.05, 0) is 49.6 Å². The van der Waals surface area contributed by atoms with Gasteiger partial charge in [0.25, 0.3) is 11.7 Å². The predicted octanol–water partition coefficient (Wildman–Crippen LogP) is 4.90. The van der Waals surface area contributed by atoms with E-state index in [0.29, 0.717) is 17.2 Å². The second-order valence-electron chi connectivity index (χ2n) is 8.68. The Hall–Kier alpha value is -3.81. The summed E-state index contributed by atoms with van der Waals surface area (Å²) in [6.07, 6.45) is 9.83. The number of pyridine rings is 1. The molecule has 4 heterocycles. The van der Waals surface area contributed by atoms with E-state index in [9.17, 15) is 4.79 Å². The molecule has 8 heteroatoms. The van der Waals surface area contributed by atoms with E-state index in [0.717, 1.165) is 61.5 Å². The number of nitrogens with one attached hydrogen (secondary N) is 1. The van der Waals surface area contributed by atoms with E-state index in [1.165, 1.54) is 12.8 Å². The molecule has 0 saturated carbocycles. The first-order valence-corrected chi connectivity index (χ1v) is 12.0. The van der Waals surface area contributed by atoms with Crippen LogP contribution in [0.2, 0.25) is 0 Å². The van der Waals surface area contributed by atoms with Crippen LogP contribution in [0.5, 0.6) is 0 Å². The number of nitrogens with zero attached hydrogens (tertiary/aromatic N) is 6. The normalized spacial score (nSPS) is 14.2. The van der Waals surface area contributed by atoms with E-state index in [2.05, 4.69) is 27.3 Å². The minimum Gasteiger partial charge on any atom is -0.340 e. The monoisotopic (exact) mass is 455 g/mol. The van der Waals surface area contributed by atoms with E-state index < -0.39 is 0 Å². The number of hydrogen-bond acceptors (Lipinski definition) is 6. The Morgan fingerprint density at radius 1 is 1.03 bits per heavy atom. The molecule has 0 radical (unpaired) electrons. The quantitative estimate of drug-likeness (QED) is 0.445. The number of aryl methyl sites for hydroxylation is 1. The van der Waals surface area contributed by atoms with E-state index in [1.807, 2.05) is 47.4 Å². The highest BCUT2D eigenvalue weighted by Gasteiger charge is 2.18. The summed E-state index contributed by atoms with van der Waals surface area (Å²) in [5.41, 5.74) is 3.30. The first kappa shape index (κ1) is 22.0. The van der Waals surface area contributed by atoms with Gasteiger partial charge in [0.2, 0.25) is 0 Å². The summed E-state index contributed by atoms with van der Waals surface area (Å²) in [6, 6.07) is 13.5. The molecule has 8 nitrogen and oxygen atoms in total. The Bertz CT molecular complexity index is 1280. The van der Waals surface area contributed by atoms with Crippen molar-refractivity contribution in [1.82, 2.24) is 29.5 Å². The number of hydrogen-bond donors (Lipinski definition) is 1. The molecule has 1 amide bonds. The van der Waals surface area contributed by atoms with E-state index in [4.69, 9.17) is 4.98 Å². The molecule has 0 atom stereocenters. The van der Waals surface area contributed by atoms with Crippen molar-refractivity contribution in [1.29, 1.82) is 0 Å². The van der Waals surface area contributed by atoms with Gasteiger partial charge in [0, 0.05) is 54.1 Å². The fourth-order valence-electron chi connectivity index (χ4n) is 4.34. The summed E-state index contributed by atoms with van der Waals surface area (Å²) >= 11 is 0. The Labute approximate surface area is 199 Å². The van der Waals surface area contributed by atoms with Crippen LogP contribution in [0, 0.1) is 0 Å². The molecule has 0 unspecified atom stereocenters. The standard InChI is InChI=1S/C26H29N7O/c1-2-9-21-17-23(33-26(29-21)30-24(31-33)20-11-8-13-27-18-20)28-22-12-7-10-19(16-22)25(34)32-14-5-3-4-6-15-32/h7-8,10-13,16-18,28H,2-6,9,14-15H2,1H3. The highest BCUT2D eigenvalue weighted by Crippen LogP contribution is 2.23. The van der Waals surface area contributed by atoms with Crippen molar-refractivity contribution < 1.29 is 4.79 Å². The fraction of sp³-hybridized carbons (Fsp3) is 0.346. The number of anilines is 2. The number of benzene rings is 1. The van der Waals surface area contributed by atoms with E-state index >= 15 is 0 Å². The van der Waals surface area contributed by atoms with Gasteiger partial charge in [-0.3, -0.25) is 9.78 Å². The maximum Gasteiger partial charge on any atom is 0.254 e. The van der Waals surface area contributed by atoms with E-state index in [1.54, 1.807) is 16.9 Å². The van der Waals surface area contributed by atoms with Crippen molar-refractivity contribution in [2.24, 2.45) is 0 Å². The first-order valence-electron chi connectivity index (χ1n) is 12.0. The Morgan fingerprint density at radius 3 is 2.65 bits per heavy atom. The summed E-state index contributed by atoms with van der Waals surface area (Å²) in [5.74, 6) is 1.96. The van der Waals surface area contributed by atoms with Crippen molar-refractivity contribution in [3.05, 3.63) is 66.1 Å². The van der Waals surface area contributed by atoms with Crippen LogP contribution in [-0.4, -0.2) is 48.5 Å². The summed E-state index contributed by atoms with van der Waals surface area (Å²) in [4.78, 5) is 28.6. The number of rotatable bonds is 6. The summed E-state index contributed by atoms with van der Waals surface area (Å²) in [6.45, 7) is 3.79. The maximum absolute atomic E-state index is 13.1. The Kier molecular flexibility index (Phi) is 6.46. The van der Waals surface area contributed by atoms with Crippen molar-refractivity contribution in [2.75, 3.05) is 18.4 Å². The molecule has 0 bridgehead atoms. The Morgan fingerprint density at radius 2 is 1.88 bits per heavy atom. The number of likely N-dealkylation sites (tertiary alicyclic amines) is 1. The SMILES string of the molecule is CCCc1cc(Nc2cccc(C(=O)N3CCCCCC3)c2)n2nc(-c3cccnc3)nc2n1. The van der Waals surface area contributed by atoms with Crippen LogP contribution < -0.4 is 5.32 Å². The third-order valence-corrected chi connectivity index (χ3v) is 6.07. The van der Waals surface area contributed by atoms with Gasteiger partial charge in [-0.15, -0.1) is 5.10 Å². The molecule has 5 rings (SSSR count). The maximum atomic E-state index is 13.1. The van der Waals surface area contributed by atoms with Crippen LogP contribution in [0.25, 0.3) is 17.2 Å². The summed E-state index contributed by atoms with van der Waals surface area (Å²) in [7, 11) is 0. The van der Waals surface area contributed by atoms with Crippen LogP contribution in [0.3, 0.4) is 0 Å². The van der Waals surface area contributed by atoms with Crippen LogP contribution >= 0.6 is 0 Å². The lowest BCUT2D eigenvalue weighted by Gasteiger charge is -2.20. The molecule has 174 valence electrons. The Balaban J connectivity index is 1.47. The van der Waals surface area contributed by atoms with Crippen molar-refractivity contribution >= 4 is 23.2 Å². The lowest BCUT2D eigenvalue weighted by molar-refractivity contribution is 0.0761. The molecule has 4 aromatic rings. The van der Waals surface area contributed by atoms with E-state index in [-0.39, 0.29) is 5.91 Å². The second kappa shape index (κ2) is 9.99. The van der Waals surface area contributed by atoms with Crippen molar-refractivity contribution in [3.8, 4) is 11.4 Å². The topological polar surface area (TPSA) is 88.3 Å². The number of amides is 1. The fourth-order valence-corrected chi connectivity index (χ4v) is 4.34. The molecule has 1 aromatic carbocycles. The zero-order valence-electron chi connectivity index (χ0n) is 19.4. The lowest BCUT2D eigenvalue weighted by Crippen LogP contribution is -2.31. The largest absolute Gasteiger partial charge is 0.340 e. The van der Waals surface area contributed by atoms with Gasteiger partial charge in [-0.25, -0.2) is 4.98 Å². The van der Waals surface area contributed by atoms with Gasteiger partial charge in [-0.2, -0.15) is 9.50 Å². The zero-order valence-corrected chi connectivity index (χ0v) is 19.4. The van der Waals surface area contributed by atoms with Crippen LogP contribution in [-0.2, 0) is 6.42 Å². The van der Waals surface area contributed by atoms with Crippen LogP contribution in [0.4, 0.5) is 11.5 Å². The van der Waals surface area contributed by atoms with Gasteiger partial charge in [0.1, 0.15) is 5.82 Å². The molecular formula is C26H29N7O. The number of fused-ring (bicyclic) bond motifs is 1. The minimum absolute atomic E-state index is 0.0942. The van der Waals surface area contributed by atoms with Gasteiger partial charge < -0.3 is 10.2 Å². The van der Waals surface area contributed by atoms with Gasteiger partial charge in [0.15, 0.2) is 5.82 Å². The van der Waals surface area contributed by atoms with Crippen molar-refractivity contribution in [3.63, 3.8) is 0 Å². The average Bonchev–Trinajstić information content (AvgIpc) is 3.11. The number of carbonyl (C=O) groups excluding carboxylic acids is 1. The zero-order chi connectivity index (χ0) is 23.3. The molecule has 0 aliphatic carbocycles. The molecule has 1 aliphatic heterocycles. The number of aromatic nitrogens is 5. The van der Waals surface area contributed by atoms with Gasteiger partial charge in [0.05, 0.1) is 0 Å². The molecule has 1 aliphatic rings. The molecule has 1 fully saturated rings. The molecule has 0 spiro atoms. The summed E-state index contributed by atoms with van der Waals surface area (Å²) in [5, 5.41) is 8.14. The average molecular weight is 456 g/mol. The third-order valence-electron chi connectivity index (χ3n) is 6.07. The van der Waals surface area contributed by atoms with Crippen LogP contribution in [0.1, 0.15) is 55.1 Å². The smallest absolute Gasteiger partial charge is 0.254 e. The number of carbonyl (C=O) groups is 1. The summed E-state index contributed by atoms with van der Waals surface area (Å²) < 4.78 is 1.71. The molecule has 1 N–H and O–H groups in total. The van der Waals surface area contributed by atoms with Gasteiger partial charge in [-0.1, -0.05) is 32.3 Å². The lowest BCUT2D eigenvalue weighted by atomic mass is 10.1. The molecule has 34 heavy (non-hydrogen) atoms.